The Morgan fingerprint density at radius 1 is 1.37 bits per heavy atom. The van der Waals surface area contributed by atoms with E-state index in [0.29, 0.717) is 11.5 Å². The molecule has 0 atom stereocenters. The first kappa shape index (κ1) is 12.7. The first-order chi connectivity index (χ1) is 9.06. The molecular weight excluding hydrogens is 254 g/mol. The molecule has 0 aliphatic heterocycles. The average molecular weight is 265 g/mol. The van der Waals surface area contributed by atoms with Gasteiger partial charge >= 0.3 is 11.7 Å². The van der Waals surface area contributed by atoms with E-state index in [-0.39, 0.29) is 5.69 Å². The number of rotatable bonds is 4. The zero-order valence-electron chi connectivity index (χ0n) is 10.2. The quantitative estimate of drug-likeness (QED) is 0.822. The topological polar surface area (TPSA) is 106 Å². The maximum absolute atomic E-state index is 11.7. The number of aromatic nitrogens is 3. The van der Waals surface area contributed by atoms with Gasteiger partial charge in [-0.25, -0.2) is 9.59 Å². The largest absolute Gasteiger partial charge is 0.497 e. The van der Waals surface area contributed by atoms with Crippen molar-refractivity contribution in [1.29, 1.82) is 0 Å². The Kier molecular flexibility index (Phi) is 3.23. The summed E-state index contributed by atoms with van der Waals surface area (Å²) < 4.78 is 11.1. The normalized spacial score (nSPS) is 10.2. The van der Waals surface area contributed by atoms with E-state index in [4.69, 9.17) is 14.6 Å². The highest BCUT2D eigenvalue weighted by Crippen LogP contribution is 2.25. The summed E-state index contributed by atoms with van der Waals surface area (Å²) >= 11 is 0. The van der Waals surface area contributed by atoms with Crippen molar-refractivity contribution in [2.75, 3.05) is 14.2 Å². The molecule has 100 valence electrons. The van der Waals surface area contributed by atoms with Crippen molar-refractivity contribution in [3.8, 4) is 17.2 Å². The minimum absolute atomic E-state index is 0.288. The zero-order valence-corrected chi connectivity index (χ0v) is 10.2. The van der Waals surface area contributed by atoms with Crippen LogP contribution in [-0.4, -0.2) is 40.1 Å². The number of ether oxygens (including phenoxy) is 2. The van der Waals surface area contributed by atoms with Crippen molar-refractivity contribution in [1.82, 2.24) is 14.8 Å². The number of H-pyrrole nitrogens is 1. The number of methoxy groups -OCH3 is 2. The lowest BCUT2D eigenvalue weighted by Crippen LogP contribution is -2.16. The van der Waals surface area contributed by atoms with E-state index >= 15 is 0 Å². The van der Waals surface area contributed by atoms with Gasteiger partial charge in [0.05, 0.1) is 14.2 Å². The molecule has 1 aromatic carbocycles. The molecule has 0 unspecified atom stereocenters. The summed E-state index contributed by atoms with van der Waals surface area (Å²) in [5.74, 6) is -0.915. The third-order valence-electron chi connectivity index (χ3n) is 2.43. The Labute approximate surface area is 107 Å². The van der Waals surface area contributed by atoms with E-state index < -0.39 is 17.5 Å². The molecule has 8 nitrogen and oxygen atoms in total. The van der Waals surface area contributed by atoms with Crippen LogP contribution in [0.2, 0.25) is 0 Å². The molecule has 0 saturated heterocycles. The average Bonchev–Trinajstić information content (AvgIpc) is 2.80. The summed E-state index contributed by atoms with van der Waals surface area (Å²) in [5, 5.41) is 12.5. The summed E-state index contributed by atoms with van der Waals surface area (Å²) in [7, 11) is 2.91. The second kappa shape index (κ2) is 4.84. The lowest BCUT2D eigenvalue weighted by Gasteiger charge is -2.08. The number of hydrogen-bond acceptors (Lipinski definition) is 5. The van der Waals surface area contributed by atoms with Gasteiger partial charge in [-0.15, -0.1) is 5.10 Å². The van der Waals surface area contributed by atoms with Gasteiger partial charge in [-0.05, 0) is 12.1 Å². The van der Waals surface area contributed by atoms with Gasteiger partial charge in [0.25, 0.3) is 0 Å². The number of aromatic carboxylic acids is 1. The molecule has 0 fully saturated rings. The number of aromatic amines is 1. The van der Waals surface area contributed by atoms with Crippen molar-refractivity contribution < 1.29 is 19.4 Å². The Morgan fingerprint density at radius 3 is 2.63 bits per heavy atom. The second-order valence-electron chi connectivity index (χ2n) is 3.53. The van der Waals surface area contributed by atoms with Crippen LogP contribution < -0.4 is 15.2 Å². The Morgan fingerprint density at radius 2 is 2.11 bits per heavy atom. The van der Waals surface area contributed by atoms with Gasteiger partial charge in [-0.3, -0.25) is 4.98 Å². The van der Waals surface area contributed by atoms with Crippen molar-refractivity contribution in [3.63, 3.8) is 0 Å². The Bertz CT molecular complexity index is 673. The molecule has 8 heteroatoms. The molecule has 19 heavy (non-hydrogen) atoms. The molecule has 1 aromatic heterocycles. The summed E-state index contributed by atoms with van der Waals surface area (Å²) in [4.78, 5) is 24.6. The van der Waals surface area contributed by atoms with Crippen LogP contribution in [0.3, 0.4) is 0 Å². The van der Waals surface area contributed by atoms with E-state index in [9.17, 15) is 9.59 Å². The van der Waals surface area contributed by atoms with Gasteiger partial charge in [-0.1, -0.05) is 0 Å². The molecule has 0 radical (unpaired) electrons. The Balaban J connectivity index is 2.63. The molecule has 0 aliphatic rings. The molecule has 0 bridgehead atoms. The van der Waals surface area contributed by atoms with Crippen LogP contribution in [0, 0.1) is 0 Å². The van der Waals surface area contributed by atoms with Gasteiger partial charge in [0.15, 0.2) is 0 Å². The maximum atomic E-state index is 11.7. The lowest BCUT2D eigenvalue weighted by atomic mass is 10.3. The van der Waals surface area contributed by atoms with E-state index in [1.807, 2.05) is 0 Å². The highest BCUT2D eigenvalue weighted by Gasteiger charge is 2.16. The van der Waals surface area contributed by atoms with Crippen LogP contribution in [0.25, 0.3) is 5.69 Å². The van der Waals surface area contributed by atoms with E-state index in [0.717, 1.165) is 4.68 Å². The minimum Gasteiger partial charge on any atom is -0.497 e. The predicted molar refractivity (Wildman–Crippen MR) is 64.2 cm³/mol. The number of carbonyl (C=O) groups is 1. The Hall–Kier alpha value is -2.77. The highest BCUT2D eigenvalue weighted by atomic mass is 16.5. The molecule has 0 spiro atoms. The van der Waals surface area contributed by atoms with Gasteiger partial charge in [0.2, 0.25) is 5.82 Å². The number of carboxylic acid groups (broad SMARTS) is 1. The second-order valence-corrected chi connectivity index (χ2v) is 3.53. The van der Waals surface area contributed by atoms with Gasteiger partial charge in [0.1, 0.15) is 17.2 Å². The maximum Gasteiger partial charge on any atom is 0.373 e. The summed E-state index contributed by atoms with van der Waals surface area (Å²) in [6.45, 7) is 0. The van der Waals surface area contributed by atoms with Crippen molar-refractivity contribution in [2.45, 2.75) is 0 Å². The molecule has 2 N–H and O–H groups in total. The van der Waals surface area contributed by atoms with Gasteiger partial charge < -0.3 is 14.6 Å². The summed E-state index contributed by atoms with van der Waals surface area (Å²) in [6, 6.07) is 4.76. The first-order valence-corrected chi connectivity index (χ1v) is 5.22. The fraction of sp³-hybridized carbons (Fsp3) is 0.182. The molecule has 2 aromatic rings. The molecule has 0 amide bonds. The predicted octanol–water partition coefficient (Wildman–Crippen LogP) is 0.276. The summed E-state index contributed by atoms with van der Waals surface area (Å²) in [5.41, 5.74) is -0.389. The number of benzene rings is 1. The minimum atomic E-state index is -1.32. The SMILES string of the molecule is COc1ccc(OC)c(-n2nc(C(=O)O)[nH]c2=O)c1. The number of nitrogens with zero attached hydrogens (tertiary/aromatic N) is 2. The smallest absolute Gasteiger partial charge is 0.373 e. The van der Waals surface area contributed by atoms with Crippen molar-refractivity contribution in [3.05, 3.63) is 34.5 Å². The van der Waals surface area contributed by atoms with Crippen LogP contribution in [0.15, 0.2) is 23.0 Å². The van der Waals surface area contributed by atoms with E-state index in [1.54, 1.807) is 12.1 Å². The fourth-order valence-electron chi connectivity index (χ4n) is 1.55. The van der Waals surface area contributed by atoms with Crippen LogP contribution in [0.1, 0.15) is 10.6 Å². The lowest BCUT2D eigenvalue weighted by molar-refractivity contribution is 0.0683. The summed E-state index contributed by atoms with van der Waals surface area (Å²) in [6.07, 6.45) is 0. The van der Waals surface area contributed by atoms with Gasteiger partial charge in [-0.2, -0.15) is 4.68 Å². The number of nitrogens with one attached hydrogen (secondary N) is 1. The molecular formula is C11H11N3O5. The number of carboxylic acids is 1. The van der Waals surface area contributed by atoms with Crippen molar-refractivity contribution in [2.24, 2.45) is 0 Å². The van der Waals surface area contributed by atoms with Crippen LogP contribution in [-0.2, 0) is 0 Å². The monoisotopic (exact) mass is 265 g/mol. The van der Waals surface area contributed by atoms with E-state index in [2.05, 4.69) is 10.1 Å². The zero-order chi connectivity index (χ0) is 14.0. The van der Waals surface area contributed by atoms with Crippen LogP contribution in [0.4, 0.5) is 0 Å². The molecule has 1 heterocycles. The van der Waals surface area contributed by atoms with Crippen molar-refractivity contribution >= 4 is 5.97 Å². The standard InChI is InChI=1S/C11H11N3O5/c1-18-6-3-4-8(19-2)7(5-6)14-11(17)12-9(13-14)10(15)16/h3-5H,1-2H3,(H,15,16)(H,12,13,17). The molecule has 0 saturated carbocycles. The fourth-order valence-corrected chi connectivity index (χ4v) is 1.55. The van der Waals surface area contributed by atoms with Crippen LogP contribution >= 0.6 is 0 Å². The van der Waals surface area contributed by atoms with E-state index in [1.165, 1.54) is 20.3 Å². The third kappa shape index (κ3) is 2.28. The highest BCUT2D eigenvalue weighted by molar-refractivity contribution is 5.82. The number of hydrogen-bond donors (Lipinski definition) is 2. The molecule has 2 rings (SSSR count). The third-order valence-corrected chi connectivity index (χ3v) is 2.43. The molecule has 0 aliphatic carbocycles. The van der Waals surface area contributed by atoms with Crippen LogP contribution in [0.5, 0.6) is 11.5 Å². The van der Waals surface area contributed by atoms with Gasteiger partial charge in [0, 0.05) is 6.07 Å². The first-order valence-electron chi connectivity index (χ1n) is 5.22.